The van der Waals surface area contributed by atoms with Crippen LogP contribution in [0.3, 0.4) is 0 Å². The van der Waals surface area contributed by atoms with E-state index in [9.17, 15) is 9.59 Å². The molecule has 6 nitrogen and oxygen atoms in total. The summed E-state index contributed by atoms with van der Waals surface area (Å²) in [4.78, 5) is 24.2. The first-order valence-electron chi connectivity index (χ1n) is 7.75. The van der Waals surface area contributed by atoms with Crippen molar-refractivity contribution in [2.75, 3.05) is 28.4 Å². The standard InChI is InChI=1S/C19H18Br2O6/c1-24-16-10(6-12(20)8-14(16)18(22)26-3)5-11-7-13(21)9-15(17(11)25-2)19(23)27-4/h6-9H,5H2,1-4H3. The van der Waals surface area contributed by atoms with Crippen LogP contribution in [0.2, 0.25) is 0 Å². The van der Waals surface area contributed by atoms with Crippen LogP contribution in [0.1, 0.15) is 31.8 Å². The first kappa shape index (κ1) is 21.2. The molecule has 8 heteroatoms. The average molecular weight is 502 g/mol. The van der Waals surface area contributed by atoms with E-state index in [0.717, 1.165) is 11.1 Å². The van der Waals surface area contributed by atoms with Crippen molar-refractivity contribution in [1.29, 1.82) is 0 Å². The molecular formula is C19H18Br2O6. The Labute approximate surface area is 174 Å². The molecular weight excluding hydrogens is 484 g/mol. The highest BCUT2D eigenvalue weighted by molar-refractivity contribution is 9.10. The predicted molar refractivity (Wildman–Crippen MR) is 107 cm³/mol. The van der Waals surface area contributed by atoms with Gasteiger partial charge in [-0.3, -0.25) is 0 Å². The molecule has 0 saturated heterocycles. The molecule has 0 spiro atoms. The largest absolute Gasteiger partial charge is 0.496 e. The van der Waals surface area contributed by atoms with Gasteiger partial charge >= 0.3 is 11.9 Å². The first-order chi connectivity index (χ1) is 12.9. The smallest absolute Gasteiger partial charge is 0.341 e. The highest BCUT2D eigenvalue weighted by atomic mass is 79.9. The summed E-state index contributed by atoms with van der Waals surface area (Å²) in [5, 5.41) is 0. The van der Waals surface area contributed by atoms with E-state index in [1.54, 1.807) is 12.1 Å². The van der Waals surface area contributed by atoms with Crippen LogP contribution in [0.25, 0.3) is 0 Å². The molecule has 0 aliphatic carbocycles. The van der Waals surface area contributed by atoms with Gasteiger partial charge in [-0.25, -0.2) is 9.59 Å². The summed E-state index contributed by atoms with van der Waals surface area (Å²) in [7, 11) is 5.58. The topological polar surface area (TPSA) is 71.1 Å². The minimum absolute atomic E-state index is 0.298. The van der Waals surface area contributed by atoms with E-state index in [1.165, 1.54) is 28.4 Å². The van der Waals surface area contributed by atoms with Crippen LogP contribution < -0.4 is 9.47 Å². The van der Waals surface area contributed by atoms with Crippen LogP contribution in [0.5, 0.6) is 11.5 Å². The summed E-state index contributed by atoms with van der Waals surface area (Å²) in [6.45, 7) is 0. The van der Waals surface area contributed by atoms with Gasteiger partial charge in [0.05, 0.1) is 28.4 Å². The van der Waals surface area contributed by atoms with E-state index in [1.807, 2.05) is 12.1 Å². The SMILES string of the molecule is COC(=O)c1cc(Br)cc(Cc2cc(Br)cc(C(=O)OC)c2OC)c1OC. The molecule has 0 amide bonds. The number of hydrogen-bond acceptors (Lipinski definition) is 6. The van der Waals surface area contributed by atoms with E-state index in [2.05, 4.69) is 31.9 Å². The van der Waals surface area contributed by atoms with Crippen molar-refractivity contribution >= 4 is 43.8 Å². The summed E-state index contributed by atoms with van der Waals surface area (Å²) in [5.41, 5.74) is 2.04. The highest BCUT2D eigenvalue weighted by Crippen LogP contribution is 2.35. The molecule has 0 radical (unpaired) electrons. The summed E-state index contributed by atoms with van der Waals surface area (Å²) in [6, 6.07) is 6.94. The zero-order valence-electron chi connectivity index (χ0n) is 15.2. The maximum absolute atomic E-state index is 12.1. The fraction of sp³-hybridized carbons (Fsp3) is 0.263. The molecule has 0 bridgehead atoms. The lowest BCUT2D eigenvalue weighted by Crippen LogP contribution is -2.09. The van der Waals surface area contributed by atoms with Crippen LogP contribution in [0.15, 0.2) is 33.2 Å². The molecule has 2 aromatic carbocycles. The Balaban J connectivity index is 2.63. The Morgan fingerprint density at radius 2 is 1.11 bits per heavy atom. The van der Waals surface area contributed by atoms with Crippen molar-refractivity contribution in [1.82, 2.24) is 0 Å². The zero-order valence-corrected chi connectivity index (χ0v) is 18.4. The predicted octanol–water partition coefficient (Wildman–Crippen LogP) is 4.39. The average Bonchev–Trinajstić information content (AvgIpc) is 2.65. The molecule has 0 heterocycles. The van der Waals surface area contributed by atoms with Crippen LogP contribution >= 0.6 is 31.9 Å². The second-order valence-electron chi connectivity index (χ2n) is 5.45. The number of benzene rings is 2. The Kier molecular flexibility index (Phi) is 7.26. The molecule has 2 rings (SSSR count). The molecule has 0 saturated carbocycles. The molecule has 27 heavy (non-hydrogen) atoms. The number of rotatable bonds is 6. The van der Waals surface area contributed by atoms with Gasteiger partial charge in [-0.05, 0) is 24.3 Å². The van der Waals surface area contributed by atoms with Crippen molar-refractivity contribution in [3.8, 4) is 11.5 Å². The van der Waals surface area contributed by atoms with Gasteiger partial charge in [0.15, 0.2) is 0 Å². The fourth-order valence-electron chi connectivity index (χ4n) is 2.77. The number of halogens is 2. The molecule has 0 atom stereocenters. The van der Waals surface area contributed by atoms with Crippen LogP contribution in [-0.2, 0) is 15.9 Å². The lowest BCUT2D eigenvalue weighted by atomic mass is 9.98. The summed E-state index contributed by atoms with van der Waals surface area (Å²) < 4.78 is 22.0. The van der Waals surface area contributed by atoms with Gasteiger partial charge in [0, 0.05) is 26.5 Å². The summed E-state index contributed by atoms with van der Waals surface area (Å²) >= 11 is 6.82. The van der Waals surface area contributed by atoms with Crippen LogP contribution in [0, 0.1) is 0 Å². The maximum Gasteiger partial charge on any atom is 0.341 e. The van der Waals surface area contributed by atoms with E-state index in [0.29, 0.717) is 38.0 Å². The molecule has 0 unspecified atom stereocenters. The summed E-state index contributed by atoms with van der Waals surface area (Å²) in [5.74, 6) is -0.227. The molecule has 0 N–H and O–H groups in total. The lowest BCUT2D eigenvalue weighted by molar-refractivity contribution is 0.0588. The number of hydrogen-bond donors (Lipinski definition) is 0. The summed E-state index contributed by atoms with van der Waals surface area (Å²) in [6.07, 6.45) is 0.346. The number of methoxy groups -OCH3 is 4. The zero-order chi connectivity index (χ0) is 20.1. The van der Waals surface area contributed by atoms with E-state index >= 15 is 0 Å². The molecule has 0 aromatic heterocycles. The second kappa shape index (κ2) is 9.23. The van der Waals surface area contributed by atoms with Gasteiger partial charge in [0.2, 0.25) is 0 Å². The molecule has 2 aromatic rings. The highest BCUT2D eigenvalue weighted by Gasteiger charge is 2.22. The van der Waals surface area contributed by atoms with E-state index in [4.69, 9.17) is 18.9 Å². The van der Waals surface area contributed by atoms with Crippen molar-refractivity contribution in [2.45, 2.75) is 6.42 Å². The Bertz CT molecular complexity index is 807. The molecule has 0 fully saturated rings. The Morgan fingerprint density at radius 1 is 0.741 bits per heavy atom. The minimum Gasteiger partial charge on any atom is -0.496 e. The van der Waals surface area contributed by atoms with Crippen molar-refractivity contribution < 1.29 is 28.5 Å². The number of carbonyl (C=O) groups is 2. The lowest BCUT2D eigenvalue weighted by Gasteiger charge is -2.17. The minimum atomic E-state index is -0.508. The number of carbonyl (C=O) groups excluding carboxylic acids is 2. The quantitative estimate of drug-likeness (QED) is 0.546. The third-order valence-electron chi connectivity index (χ3n) is 3.86. The third kappa shape index (κ3) is 4.62. The first-order valence-corrected chi connectivity index (χ1v) is 9.34. The van der Waals surface area contributed by atoms with Gasteiger partial charge in [0.25, 0.3) is 0 Å². The van der Waals surface area contributed by atoms with Crippen molar-refractivity contribution in [3.05, 3.63) is 55.5 Å². The fourth-order valence-corrected chi connectivity index (χ4v) is 3.78. The van der Waals surface area contributed by atoms with E-state index < -0.39 is 11.9 Å². The van der Waals surface area contributed by atoms with Gasteiger partial charge in [-0.1, -0.05) is 31.9 Å². The van der Waals surface area contributed by atoms with Crippen molar-refractivity contribution in [3.63, 3.8) is 0 Å². The number of esters is 2. The van der Waals surface area contributed by atoms with Crippen molar-refractivity contribution in [2.24, 2.45) is 0 Å². The number of ether oxygens (including phenoxy) is 4. The van der Waals surface area contributed by atoms with Gasteiger partial charge < -0.3 is 18.9 Å². The van der Waals surface area contributed by atoms with Gasteiger partial charge in [-0.15, -0.1) is 0 Å². The Hall–Kier alpha value is -2.06. The third-order valence-corrected chi connectivity index (χ3v) is 4.78. The Morgan fingerprint density at radius 3 is 1.41 bits per heavy atom. The van der Waals surface area contributed by atoms with Gasteiger partial charge in [0.1, 0.15) is 22.6 Å². The monoisotopic (exact) mass is 500 g/mol. The maximum atomic E-state index is 12.1. The van der Waals surface area contributed by atoms with Gasteiger partial charge in [-0.2, -0.15) is 0 Å². The van der Waals surface area contributed by atoms with Crippen LogP contribution in [-0.4, -0.2) is 40.4 Å². The molecule has 144 valence electrons. The van der Waals surface area contributed by atoms with E-state index in [-0.39, 0.29) is 0 Å². The molecule has 0 aliphatic rings. The molecule has 0 aliphatic heterocycles. The second-order valence-corrected chi connectivity index (χ2v) is 7.28. The normalized spacial score (nSPS) is 10.3. The van der Waals surface area contributed by atoms with Crippen LogP contribution in [0.4, 0.5) is 0 Å².